The van der Waals surface area contributed by atoms with Crippen LogP contribution in [-0.4, -0.2) is 20.6 Å². The summed E-state index contributed by atoms with van der Waals surface area (Å²) in [4.78, 5) is 3.16. The van der Waals surface area contributed by atoms with Crippen LogP contribution in [0.4, 0.5) is 8.78 Å². The predicted molar refractivity (Wildman–Crippen MR) is 61.7 cm³/mol. The highest BCUT2D eigenvalue weighted by Crippen LogP contribution is 2.51. The van der Waals surface area contributed by atoms with Gasteiger partial charge in [0.25, 0.3) is 0 Å². The highest BCUT2D eigenvalue weighted by atomic mass is 32.2. The molecule has 3 rings (SSSR count). The van der Waals surface area contributed by atoms with E-state index in [2.05, 4.69) is 4.98 Å². The van der Waals surface area contributed by atoms with E-state index in [1.165, 1.54) is 6.07 Å². The van der Waals surface area contributed by atoms with Crippen LogP contribution >= 0.6 is 11.8 Å². The zero-order valence-electron chi connectivity index (χ0n) is 9.20. The van der Waals surface area contributed by atoms with Crippen molar-refractivity contribution in [2.45, 2.75) is 41.8 Å². The first-order valence-electron chi connectivity index (χ1n) is 5.77. The Hall–Kier alpha value is -0.680. The number of aliphatic hydroxyl groups is 1. The number of nitrogens with zero attached hydrogens (tertiary/aromatic N) is 1. The standard InChI is InChI=1S/C12H13F2NOS/c13-10-4-3-9(11(14)15-10)12(16)5-7-1-2-8(6-12)17-7/h3-4,7-8,16H,1-2,5-6H2. The normalized spacial score (nSPS) is 36.2. The van der Waals surface area contributed by atoms with Gasteiger partial charge in [-0.3, -0.25) is 0 Å². The lowest BCUT2D eigenvalue weighted by Crippen LogP contribution is -2.35. The summed E-state index contributed by atoms with van der Waals surface area (Å²) in [5.74, 6) is -1.72. The SMILES string of the molecule is OC1(c2ccc(F)nc2F)CC2CCC(C1)S2. The molecule has 0 radical (unpaired) electrons. The van der Waals surface area contributed by atoms with Gasteiger partial charge in [-0.25, -0.2) is 0 Å². The Kier molecular flexibility index (Phi) is 2.63. The minimum atomic E-state index is -1.16. The fourth-order valence-electron chi connectivity index (χ4n) is 2.90. The van der Waals surface area contributed by atoms with Crippen molar-refractivity contribution in [3.05, 3.63) is 29.6 Å². The lowest BCUT2D eigenvalue weighted by molar-refractivity contribution is 0.0153. The average Bonchev–Trinajstić information content (AvgIpc) is 2.58. The second-order valence-electron chi connectivity index (χ2n) is 4.87. The zero-order chi connectivity index (χ0) is 12.0. The van der Waals surface area contributed by atoms with Crippen LogP contribution in [0.3, 0.4) is 0 Å². The van der Waals surface area contributed by atoms with Gasteiger partial charge in [-0.2, -0.15) is 25.5 Å². The molecule has 0 amide bonds. The van der Waals surface area contributed by atoms with Crippen LogP contribution in [0.25, 0.3) is 0 Å². The fraction of sp³-hybridized carbons (Fsp3) is 0.583. The first-order chi connectivity index (χ1) is 8.07. The summed E-state index contributed by atoms with van der Waals surface area (Å²) in [5, 5.41) is 11.4. The van der Waals surface area contributed by atoms with Gasteiger partial charge in [0.15, 0.2) is 0 Å². The molecule has 1 aromatic rings. The van der Waals surface area contributed by atoms with Crippen LogP contribution in [0, 0.1) is 11.9 Å². The van der Waals surface area contributed by atoms with Crippen LogP contribution in [0.15, 0.2) is 12.1 Å². The lowest BCUT2D eigenvalue weighted by atomic mass is 9.86. The van der Waals surface area contributed by atoms with Crippen LogP contribution < -0.4 is 0 Å². The van der Waals surface area contributed by atoms with Gasteiger partial charge >= 0.3 is 0 Å². The van der Waals surface area contributed by atoms with E-state index in [1.54, 1.807) is 0 Å². The molecule has 0 aliphatic carbocycles. The molecule has 2 fully saturated rings. The quantitative estimate of drug-likeness (QED) is 0.785. The molecule has 17 heavy (non-hydrogen) atoms. The molecule has 1 aromatic heterocycles. The summed E-state index contributed by atoms with van der Waals surface area (Å²) >= 11 is 1.88. The fourth-order valence-corrected chi connectivity index (χ4v) is 4.73. The van der Waals surface area contributed by atoms with E-state index in [0.717, 1.165) is 18.9 Å². The van der Waals surface area contributed by atoms with Gasteiger partial charge in [0.05, 0.1) is 5.60 Å². The molecular formula is C12H13F2NOS. The van der Waals surface area contributed by atoms with Gasteiger partial charge < -0.3 is 5.11 Å². The first kappa shape index (κ1) is 11.4. The summed E-state index contributed by atoms with van der Waals surface area (Å²) < 4.78 is 26.4. The molecule has 5 heteroatoms. The molecule has 2 bridgehead atoms. The Labute approximate surface area is 102 Å². The molecule has 2 aliphatic heterocycles. The summed E-state index contributed by atoms with van der Waals surface area (Å²) in [6.07, 6.45) is 3.23. The topological polar surface area (TPSA) is 33.1 Å². The van der Waals surface area contributed by atoms with Crippen molar-refractivity contribution >= 4 is 11.8 Å². The van der Waals surface area contributed by atoms with E-state index in [4.69, 9.17) is 0 Å². The molecule has 0 aromatic carbocycles. The van der Waals surface area contributed by atoms with Crippen LogP contribution in [0.1, 0.15) is 31.2 Å². The third-order valence-corrected chi connectivity index (χ3v) is 5.22. The summed E-state index contributed by atoms with van der Waals surface area (Å²) in [7, 11) is 0. The summed E-state index contributed by atoms with van der Waals surface area (Å²) in [5.41, 5.74) is -1.02. The average molecular weight is 257 g/mol. The number of rotatable bonds is 1. The third-order valence-electron chi connectivity index (χ3n) is 3.64. The van der Waals surface area contributed by atoms with Gasteiger partial charge in [-0.05, 0) is 37.8 Å². The molecule has 2 atom stereocenters. The van der Waals surface area contributed by atoms with E-state index in [1.807, 2.05) is 11.8 Å². The molecular weight excluding hydrogens is 244 g/mol. The summed E-state index contributed by atoms with van der Waals surface area (Å²) in [6.45, 7) is 0. The van der Waals surface area contributed by atoms with E-state index >= 15 is 0 Å². The Bertz CT molecular complexity index is 442. The number of hydrogen-bond donors (Lipinski definition) is 1. The maximum atomic E-state index is 13.6. The van der Waals surface area contributed by atoms with E-state index in [-0.39, 0.29) is 5.56 Å². The van der Waals surface area contributed by atoms with Gasteiger partial charge in [0.1, 0.15) is 0 Å². The molecule has 3 heterocycles. The van der Waals surface area contributed by atoms with E-state index < -0.39 is 17.5 Å². The van der Waals surface area contributed by atoms with E-state index in [9.17, 15) is 13.9 Å². The van der Waals surface area contributed by atoms with Crippen molar-refractivity contribution in [1.29, 1.82) is 0 Å². The number of fused-ring (bicyclic) bond motifs is 2. The zero-order valence-corrected chi connectivity index (χ0v) is 10.0. The molecule has 2 aliphatic rings. The number of halogens is 2. The smallest absolute Gasteiger partial charge is 0.221 e. The Morgan fingerprint density at radius 3 is 2.47 bits per heavy atom. The number of thioether (sulfide) groups is 1. The van der Waals surface area contributed by atoms with Gasteiger partial charge in [-0.15, -0.1) is 0 Å². The van der Waals surface area contributed by atoms with Crippen molar-refractivity contribution in [1.82, 2.24) is 4.98 Å². The van der Waals surface area contributed by atoms with Crippen molar-refractivity contribution in [2.75, 3.05) is 0 Å². The largest absolute Gasteiger partial charge is 0.385 e. The second-order valence-corrected chi connectivity index (χ2v) is 6.48. The Balaban J connectivity index is 1.97. The Morgan fingerprint density at radius 1 is 1.24 bits per heavy atom. The minimum Gasteiger partial charge on any atom is -0.385 e. The molecule has 0 saturated carbocycles. The molecule has 2 nitrogen and oxygen atoms in total. The predicted octanol–water partition coefficient (Wildman–Crippen LogP) is 2.61. The highest BCUT2D eigenvalue weighted by molar-refractivity contribution is 8.00. The molecule has 1 N–H and O–H groups in total. The minimum absolute atomic E-state index is 0.149. The maximum absolute atomic E-state index is 13.6. The van der Waals surface area contributed by atoms with Crippen LogP contribution in [0.5, 0.6) is 0 Å². The molecule has 2 saturated heterocycles. The van der Waals surface area contributed by atoms with Crippen molar-refractivity contribution in [2.24, 2.45) is 0 Å². The molecule has 0 spiro atoms. The second kappa shape index (κ2) is 3.92. The van der Waals surface area contributed by atoms with Gasteiger partial charge in [0, 0.05) is 16.1 Å². The number of aromatic nitrogens is 1. The van der Waals surface area contributed by atoms with Crippen molar-refractivity contribution < 1.29 is 13.9 Å². The third kappa shape index (κ3) is 1.95. The van der Waals surface area contributed by atoms with Crippen LogP contribution in [-0.2, 0) is 5.60 Å². The van der Waals surface area contributed by atoms with Gasteiger partial charge in [0.2, 0.25) is 11.9 Å². The van der Waals surface area contributed by atoms with Crippen molar-refractivity contribution in [3.8, 4) is 0 Å². The number of pyridine rings is 1. The lowest BCUT2D eigenvalue weighted by Gasteiger charge is -2.36. The Morgan fingerprint density at radius 2 is 1.88 bits per heavy atom. The number of hydrogen-bond acceptors (Lipinski definition) is 3. The summed E-state index contributed by atoms with van der Waals surface area (Å²) in [6, 6.07) is 2.44. The maximum Gasteiger partial charge on any atom is 0.221 e. The first-order valence-corrected chi connectivity index (χ1v) is 6.71. The highest BCUT2D eigenvalue weighted by Gasteiger charge is 2.45. The van der Waals surface area contributed by atoms with Crippen LogP contribution in [0.2, 0.25) is 0 Å². The van der Waals surface area contributed by atoms with Gasteiger partial charge in [-0.1, -0.05) is 0 Å². The molecule has 2 unspecified atom stereocenters. The monoisotopic (exact) mass is 257 g/mol. The van der Waals surface area contributed by atoms with E-state index in [0.29, 0.717) is 23.3 Å². The van der Waals surface area contributed by atoms with Crippen molar-refractivity contribution in [3.63, 3.8) is 0 Å². The molecule has 92 valence electrons.